The van der Waals surface area contributed by atoms with Gasteiger partial charge < -0.3 is 14.2 Å². The minimum Gasteiger partial charge on any atom is -0.492 e. The van der Waals surface area contributed by atoms with Gasteiger partial charge in [-0.15, -0.1) is 0 Å². The summed E-state index contributed by atoms with van der Waals surface area (Å²) in [5.41, 5.74) is 2.68. The molecule has 0 aliphatic heterocycles. The van der Waals surface area contributed by atoms with Crippen LogP contribution in [-0.2, 0) is 9.47 Å². The van der Waals surface area contributed by atoms with Gasteiger partial charge in [-0.1, -0.05) is 12.1 Å². The van der Waals surface area contributed by atoms with Gasteiger partial charge in [0.05, 0.1) is 12.3 Å². The summed E-state index contributed by atoms with van der Waals surface area (Å²) in [7, 11) is 3.05. The highest BCUT2D eigenvalue weighted by Crippen LogP contribution is 2.24. The zero-order valence-corrected chi connectivity index (χ0v) is 19.0. The lowest BCUT2D eigenvalue weighted by Gasteiger charge is -2.26. The quantitative estimate of drug-likeness (QED) is 0.437. The fourth-order valence-corrected chi connectivity index (χ4v) is 1.73. The van der Waals surface area contributed by atoms with Crippen LogP contribution in [0.15, 0.2) is 24.3 Å². The van der Waals surface area contributed by atoms with Crippen LogP contribution in [-0.4, -0.2) is 54.1 Å². The first-order valence-corrected chi connectivity index (χ1v) is 9.33. The van der Waals surface area contributed by atoms with Crippen LogP contribution < -0.4 is 16.0 Å². The first-order chi connectivity index (χ1) is 13.2. The number of benzene rings is 1. The van der Waals surface area contributed by atoms with Crippen molar-refractivity contribution in [3.63, 3.8) is 0 Å². The van der Waals surface area contributed by atoms with Gasteiger partial charge in [0.25, 0.3) is 0 Å². The third-order valence-electron chi connectivity index (χ3n) is 2.82. The molecule has 0 heterocycles. The SMILES string of the molecule is CCOc1ccccc1NN(C)C(=O)OC(C)(C)C.CN(N)C(=O)OC(C)(C)C. The predicted octanol–water partition coefficient (Wildman–Crippen LogP) is 4.01. The Kier molecular flexibility index (Phi) is 10.3. The summed E-state index contributed by atoms with van der Waals surface area (Å²) in [6, 6.07) is 7.43. The van der Waals surface area contributed by atoms with Gasteiger partial charge in [-0.2, -0.15) is 0 Å². The second kappa shape index (κ2) is 11.4. The van der Waals surface area contributed by atoms with Crippen molar-refractivity contribution in [2.75, 3.05) is 26.1 Å². The Balaban J connectivity index is 0.000000665. The third kappa shape index (κ3) is 12.4. The zero-order valence-electron chi connectivity index (χ0n) is 19.0. The molecule has 0 bridgehead atoms. The van der Waals surface area contributed by atoms with E-state index in [9.17, 15) is 9.59 Å². The number of amides is 2. The largest absolute Gasteiger partial charge is 0.492 e. The van der Waals surface area contributed by atoms with Gasteiger partial charge in [-0.25, -0.2) is 25.4 Å². The van der Waals surface area contributed by atoms with E-state index in [1.807, 2.05) is 52.0 Å². The van der Waals surface area contributed by atoms with E-state index in [1.165, 1.54) is 12.1 Å². The summed E-state index contributed by atoms with van der Waals surface area (Å²) >= 11 is 0. The number of hydrazine groups is 2. The van der Waals surface area contributed by atoms with Crippen molar-refractivity contribution in [2.24, 2.45) is 5.84 Å². The first kappa shape index (κ1) is 26.3. The maximum absolute atomic E-state index is 11.8. The standard InChI is InChI=1S/C14H22N2O3.C6H14N2O2/c1-6-18-12-10-8-7-9-11(12)15-16(5)13(17)19-14(2,3)4;1-6(2,3)10-5(9)8(4)7/h7-10,15H,6H2,1-5H3;7H2,1-4H3. The van der Waals surface area contributed by atoms with E-state index < -0.39 is 23.4 Å². The average molecular weight is 413 g/mol. The fourth-order valence-electron chi connectivity index (χ4n) is 1.73. The van der Waals surface area contributed by atoms with Crippen LogP contribution in [0.5, 0.6) is 5.75 Å². The summed E-state index contributed by atoms with van der Waals surface area (Å²) in [5, 5.41) is 2.20. The Bertz CT molecular complexity index is 651. The zero-order chi connectivity index (χ0) is 22.8. The van der Waals surface area contributed by atoms with Gasteiger partial charge in [0, 0.05) is 14.1 Å². The van der Waals surface area contributed by atoms with Crippen LogP contribution in [0.3, 0.4) is 0 Å². The van der Waals surface area contributed by atoms with Crippen LogP contribution >= 0.6 is 0 Å². The van der Waals surface area contributed by atoms with Crippen LogP contribution in [0.25, 0.3) is 0 Å². The van der Waals surface area contributed by atoms with Crippen molar-refractivity contribution in [1.29, 1.82) is 0 Å². The highest BCUT2D eigenvalue weighted by molar-refractivity contribution is 5.71. The molecule has 1 rings (SSSR count). The van der Waals surface area contributed by atoms with Crippen molar-refractivity contribution in [2.45, 2.75) is 59.7 Å². The lowest BCUT2D eigenvalue weighted by atomic mass is 10.2. The van der Waals surface area contributed by atoms with E-state index in [4.69, 9.17) is 20.1 Å². The van der Waals surface area contributed by atoms with Crippen LogP contribution in [0, 0.1) is 0 Å². The summed E-state index contributed by atoms with van der Waals surface area (Å²) in [4.78, 5) is 22.6. The van der Waals surface area contributed by atoms with E-state index in [2.05, 4.69) is 5.43 Å². The second-order valence-corrected chi connectivity index (χ2v) is 8.17. The normalized spacial score (nSPS) is 10.8. The molecule has 0 fully saturated rings. The summed E-state index contributed by atoms with van der Waals surface area (Å²) in [6.07, 6.45) is -0.966. The maximum Gasteiger partial charge on any atom is 0.428 e. The lowest BCUT2D eigenvalue weighted by Crippen LogP contribution is -2.38. The average Bonchev–Trinajstić information content (AvgIpc) is 2.54. The molecule has 0 radical (unpaired) electrons. The molecule has 9 heteroatoms. The highest BCUT2D eigenvalue weighted by atomic mass is 16.6. The van der Waals surface area contributed by atoms with Crippen molar-refractivity contribution in [1.82, 2.24) is 10.0 Å². The van der Waals surface area contributed by atoms with Crippen molar-refractivity contribution >= 4 is 17.9 Å². The molecular formula is C20H36N4O5. The third-order valence-corrected chi connectivity index (χ3v) is 2.82. The van der Waals surface area contributed by atoms with E-state index in [1.54, 1.807) is 27.8 Å². The molecule has 2 amide bonds. The maximum atomic E-state index is 11.8. The molecule has 0 aliphatic rings. The number of carbonyl (C=O) groups excluding carboxylic acids is 2. The Hall–Kier alpha value is -2.68. The molecule has 0 atom stereocenters. The second-order valence-electron chi connectivity index (χ2n) is 8.17. The van der Waals surface area contributed by atoms with Gasteiger partial charge in [0.15, 0.2) is 0 Å². The molecule has 166 valence electrons. The number of hydrogen-bond donors (Lipinski definition) is 2. The number of ether oxygens (including phenoxy) is 3. The molecule has 0 aromatic heterocycles. The monoisotopic (exact) mass is 412 g/mol. The lowest BCUT2D eigenvalue weighted by molar-refractivity contribution is 0.0295. The van der Waals surface area contributed by atoms with Gasteiger partial charge in [0.2, 0.25) is 0 Å². The number of anilines is 1. The van der Waals surface area contributed by atoms with Gasteiger partial charge in [-0.3, -0.25) is 5.43 Å². The Labute approximate surface area is 174 Å². The molecule has 0 aliphatic carbocycles. The number of carbonyl (C=O) groups is 2. The minimum atomic E-state index is -0.521. The number of para-hydroxylation sites is 2. The molecule has 0 saturated heterocycles. The van der Waals surface area contributed by atoms with E-state index in [0.29, 0.717) is 12.4 Å². The topological polar surface area (TPSA) is 106 Å². The molecule has 1 aromatic rings. The first-order valence-electron chi connectivity index (χ1n) is 9.33. The molecule has 0 spiro atoms. The Morgan fingerprint density at radius 2 is 1.45 bits per heavy atom. The van der Waals surface area contributed by atoms with Crippen LogP contribution in [0.4, 0.5) is 15.3 Å². The Morgan fingerprint density at radius 3 is 1.86 bits per heavy atom. The molecule has 3 N–H and O–H groups in total. The minimum absolute atomic E-state index is 0.446. The molecule has 29 heavy (non-hydrogen) atoms. The smallest absolute Gasteiger partial charge is 0.428 e. The molecule has 0 saturated carbocycles. The van der Waals surface area contributed by atoms with E-state index in [0.717, 1.165) is 10.7 Å². The number of nitrogens with two attached hydrogens (primary N) is 1. The van der Waals surface area contributed by atoms with Gasteiger partial charge in [0.1, 0.15) is 17.0 Å². The molecule has 9 nitrogen and oxygen atoms in total. The van der Waals surface area contributed by atoms with E-state index in [-0.39, 0.29) is 0 Å². The van der Waals surface area contributed by atoms with Crippen LogP contribution in [0.1, 0.15) is 48.5 Å². The number of rotatable bonds is 4. The highest BCUT2D eigenvalue weighted by Gasteiger charge is 2.20. The van der Waals surface area contributed by atoms with Crippen molar-refractivity contribution < 1.29 is 23.8 Å². The van der Waals surface area contributed by atoms with Gasteiger partial charge >= 0.3 is 12.2 Å². The van der Waals surface area contributed by atoms with Crippen molar-refractivity contribution in [3.05, 3.63) is 24.3 Å². The number of nitrogens with one attached hydrogen (secondary N) is 1. The summed E-state index contributed by atoms with van der Waals surface area (Å²) in [6.45, 7) is 13.3. The summed E-state index contributed by atoms with van der Waals surface area (Å²) < 4.78 is 15.6. The Morgan fingerprint density at radius 1 is 0.966 bits per heavy atom. The molecular weight excluding hydrogens is 376 g/mol. The molecule has 1 aromatic carbocycles. The van der Waals surface area contributed by atoms with Crippen molar-refractivity contribution in [3.8, 4) is 5.75 Å². The van der Waals surface area contributed by atoms with Crippen LogP contribution in [0.2, 0.25) is 0 Å². The number of nitrogens with zero attached hydrogens (tertiary/aromatic N) is 2. The number of hydrogen-bond acceptors (Lipinski definition) is 7. The van der Waals surface area contributed by atoms with E-state index >= 15 is 0 Å². The van der Waals surface area contributed by atoms with Gasteiger partial charge in [-0.05, 0) is 60.6 Å². The summed E-state index contributed by atoms with van der Waals surface area (Å²) in [5.74, 6) is 5.80. The molecule has 0 unspecified atom stereocenters. The predicted molar refractivity (Wildman–Crippen MR) is 113 cm³/mol. The fraction of sp³-hybridized carbons (Fsp3) is 0.600.